The number of nitrogens with zero attached hydrogens (tertiary/aromatic N) is 1. The Morgan fingerprint density at radius 1 is 1.48 bits per heavy atom. The minimum absolute atomic E-state index is 0.192. The van der Waals surface area contributed by atoms with Gasteiger partial charge in [-0.1, -0.05) is 17.9 Å². The third kappa shape index (κ3) is 4.05. The first kappa shape index (κ1) is 15.0. The summed E-state index contributed by atoms with van der Waals surface area (Å²) in [6.07, 6.45) is 1.65. The molecule has 1 amide bonds. The molecule has 2 aromatic heterocycles. The number of pyridine rings is 1. The third-order valence-corrected chi connectivity index (χ3v) is 3.55. The summed E-state index contributed by atoms with van der Waals surface area (Å²) in [5.41, 5.74) is 1.50. The van der Waals surface area contributed by atoms with E-state index in [0.717, 1.165) is 5.56 Å². The molecule has 0 spiro atoms. The number of ether oxygens (including phenoxy) is 1. The summed E-state index contributed by atoms with van der Waals surface area (Å²) < 4.78 is 4.97. The van der Waals surface area contributed by atoms with Gasteiger partial charge < -0.3 is 15.2 Å². The predicted molar refractivity (Wildman–Crippen MR) is 80.2 cm³/mol. The molecule has 108 valence electrons. The van der Waals surface area contributed by atoms with Crippen molar-refractivity contribution in [1.29, 1.82) is 0 Å². The number of carbonyl (C=O) groups is 1. The van der Waals surface area contributed by atoms with Crippen molar-refractivity contribution in [2.24, 2.45) is 0 Å². The van der Waals surface area contributed by atoms with Crippen LogP contribution < -0.4 is 10.1 Å². The van der Waals surface area contributed by atoms with Crippen LogP contribution in [0, 0.1) is 11.8 Å². The Morgan fingerprint density at radius 3 is 3.00 bits per heavy atom. The Labute approximate surface area is 126 Å². The fourth-order valence-electron chi connectivity index (χ4n) is 1.62. The van der Waals surface area contributed by atoms with Crippen LogP contribution in [0.4, 0.5) is 0 Å². The SMILES string of the molecule is COc1ccc(CNC(=O)c2sccc2C#CCO)cn1. The van der Waals surface area contributed by atoms with Crippen molar-refractivity contribution in [3.8, 4) is 17.7 Å². The van der Waals surface area contributed by atoms with E-state index in [2.05, 4.69) is 22.1 Å². The highest BCUT2D eigenvalue weighted by Gasteiger charge is 2.11. The van der Waals surface area contributed by atoms with Crippen LogP contribution in [0.25, 0.3) is 0 Å². The van der Waals surface area contributed by atoms with Gasteiger partial charge in [0.15, 0.2) is 0 Å². The minimum atomic E-state index is -0.228. The maximum Gasteiger partial charge on any atom is 0.262 e. The second-order valence-electron chi connectivity index (χ2n) is 4.01. The fourth-order valence-corrected chi connectivity index (χ4v) is 2.38. The van der Waals surface area contributed by atoms with Gasteiger partial charge in [-0.2, -0.15) is 0 Å². The van der Waals surface area contributed by atoms with Gasteiger partial charge in [0.1, 0.15) is 11.5 Å². The Bertz CT molecular complexity index is 668. The lowest BCUT2D eigenvalue weighted by molar-refractivity contribution is 0.0954. The number of aliphatic hydroxyl groups excluding tert-OH is 1. The highest BCUT2D eigenvalue weighted by Crippen LogP contribution is 2.16. The molecule has 5 nitrogen and oxygen atoms in total. The molecule has 0 saturated heterocycles. The number of hydrogen-bond donors (Lipinski definition) is 2. The van der Waals surface area contributed by atoms with Gasteiger partial charge >= 0.3 is 0 Å². The zero-order chi connectivity index (χ0) is 15.1. The molecule has 0 unspecified atom stereocenters. The number of aliphatic hydroxyl groups is 1. The summed E-state index contributed by atoms with van der Waals surface area (Å²) >= 11 is 1.32. The van der Waals surface area contributed by atoms with Crippen molar-refractivity contribution in [2.45, 2.75) is 6.54 Å². The number of rotatable bonds is 4. The Morgan fingerprint density at radius 2 is 2.33 bits per heavy atom. The number of aromatic nitrogens is 1. The highest BCUT2D eigenvalue weighted by atomic mass is 32.1. The van der Waals surface area contributed by atoms with Crippen LogP contribution >= 0.6 is 11.3 Å². The average Bonchev–Trinajstić information content (AvgIpc) is 2.99. The summed E-state index contributed by atoms with van der Waals surface area (Å²) in [6.45, 7) is 0.148. The lowest BCUT2D eigenvalue weighted by Crippen LogP contribution is -2.22. The normalized spacial score (nSPS) is 9.62. The first-order valence-corrected chi connectivity index (χ1v) is 7.07. The van der Waals surface area contributed by atoms with E-state index in [-0.39, 0.29) is 12.5 Å². The van der Waals surface area contributed by atoms with Crippen LogP contribution in [0.15, 0.2) is 29.8 Å². The fraction of sp³-hybridized carbons (Fsp3) is 0.200. The van der Waals surface area contributed by atoms with E-state index in [1.807, 2.05) is 6.07 Å². The van der Waals surface area contributed by atoms with Crippen LogP contribution in [0.5, 0.6) is 5.88 Å². The Hall–Kier alpha value is -2.36. The molecule has 0 aliphatic rings. The first-order valence-electron chi connectivity index (χ1n) is 6.19. The smallest absolute Gasteiger partial charge is 0.262 e. The molecule has 0 aliphatic carbocycles. The molecule has 0 aromatic carbocycles. The summed E-state index contributed by atoms with van der Waals surface area (Å²) in [5, 5.41) is 13.3. The maximum atomic E-state index is 12.1. The zero-order valence-corrected chi connectivity index (χ0v) is 12.2. The maximum absolute atomic E-state index is 12.1. The molecule has 0 radical (unpaired) electrons. The van der Waals surface area contributed by atoms with Crippen LogP contribution in [0.2, 0.25) is 0 Å². The third-order valence-electron chi connectivity index (χ3n) is 2.63. The number of nitrogens with one attached hydrogen (secondary N) is 1. The molecule has 0 atom stereocenters. The monoisotopic (exact) mass is 302 g/mol. The van der Waals surface area contributed by atoms with Gasteiger partial charge in [-0.3, -0.25) is 4.79 Å². The minimum Gasteiger partial charge on any atom is -0.481 e. The molecule has 2 heterocycles. The van der Waals surface area contributed by atoms with E-state index in [9.17, 15) is 4.79 Å². The van der Waals surface area contributed by atoms with Gasteiger partial charge in [0.05, 0.1) is 7.11 Å². The van der Waals surface area contributed by atoms with Crippen molar-refractivity contribution < 1.29 is 14.6 Å². The number of hydrogen-bond acceptors (Lipinski definition) is 5. The van der Waals surface area contributed by atoms with E-state index >= 15 is 0 Å². The molecule has 0 aliphatic heterocycles. The summed E-state index contributed by atoms with van der Waals surface area (Å²) in [7, 11) is 1.55. The van der Waals surface area contributed by atoms with Crippen molar-refractivity contribution in [3.63, 3.8) is 0 Å². The largest absolute Gasteiger partial charge is 0.481 e. The molecule has 6 heteroatoms. The van der Waals surface area contributed by atoms with Gasteiger partial charge in [-0.25, -0.2) is 4.98 Å². The summed E-state index contributed by atoms with van der Waals surface area (Å²) in [5.74, 6) is 5.64. The standard InChI is InChI=1S/C15H14N2O3S/c1-20-13-5-4-11(9-16-13)10-17-15(19)14-12(3-2-7-18)6-8-21-14/h4-6,8-9,18H,7,10H2,1H3,(H,17,19). The molecule has 2 aromatic rings. The van der Waals surface area contributed by atoms with Crippen LogP contribution in [-0.4, -0.2) is 29.7 Å². The molecule has 2 N–H and O–H groups in total. The molecule has 0 saturated carbocycles. The Balaban J connectivity index is 1.99. The van der Waals surface area contributed by atoms with Crippen molar-refractivity contribution >= 4 is 17.2 Å². The van der Waals surface area contributed by atoms with Gasteiger partial charge in [0.2, 0.25) is 5.88 Å². The Kier molecular flexibility index (Phi) is 5.32. The lowest BCUT2D eigenvalue weighted by Gasteiger charge is -2.05. The zero-order valence-electron chi connectivity index (χ0n) is 11.4. The van der Waals surface area contributed by atoms with Crippen molar-refractivity contribution in [1.82, 2.24) is 10.3 Å². The summed E-state index contributed by atoms with van der Waals surface area (Å²) in [4.78, 5) is 16.7. The van der Waals surface area contributed by atoms with Gasteiger partial charge in [0.25, 0.3) is 5.91 Å². The van der Waals surface area contributed by atoms with Crippen LogP contribution in [-0.2, 0) is 6.54 Å². The van der Waals surface area contributed by atoms with Crippen LogP contribution in [0.1, 0.15) is 20.8 Å². The molecule has 2 rings (SSSR count). The molecule has 0 bridgehead atoms. The second-order valence-corrected chi connectivity index (χ2v) is 4.93. The number of thiophene rings is 1. The lowest BCUT2D eigenvalue weighted by atomic mass is 10.2. The molecule has 21 heavy (non-hydrogen) atoms. The predicted octanol–water partition coefficient (Wildman–Crippen LogP) is 1.43. The highest BCUT2D eigenvalue weighted by molar-refractivity contribution is 7.12. The van der Waals surface area contributed by atoms with Crippen molar-refractivity contribution in [2.75, 3.05) is 13.7 Å². The molecule has 0 fully saturated rings. The van der Waals surface area contributed by atoms with Crippen molar-refractivity contribution in [3.05, 3.63) is 45.8 Å². The van der Waals surface area contributed by atoms with E-state index < -0.39 is 0 Å². The van der Waals surface area contributed by atoms with Gasteiger partial charge in [0, 0.05) is 24.4 Å². The molecular weight excluding hydrogens is 288 g/mol. The van der Waals surface area contributed by atoms with E-state index in [1.165, 1.54) is 11.3 Å². The second kappa shape index (κ2) is 7.43. The van der Waals surface area contributed by atoms with E-state index in [1.54, 1.807) is 30.8 Å². The van der Waals surface area contributed by atoms with Gasteiger partial charge in [-0.05, 0) is 17.0 Å². The topological polar surface area (TPSA) is 71.5 Å². The number of carbonyl (C=O) groups excluding carboxylic acids is 1. The first-order chi connectivity index (χ1) is 10.2. The van der Waals surface area contributed by atoms with E-state index in [4.69, 9.17) is 9.84 Å². The van der Waals surface area contributed by atoms with Crippen LogP contribution in [0.3, 0.4) is 0 Å². The van der Waals surface area contributed by atoms with E-state index in [0.29, 0.717) is 22.9 Å². The molecular formula is C15H14N2O3S. The quantitative estimate of drug-likeness (QED) is 0.838. The summed E-state index contributed by atoms with van der Waals surface area (Å²) in [6, 6.07) is 5.34. The van der Waals surface area contributed by atoms with Gasteiger partial charge in [-0.15, -0.1) is 11.3 Å². The average molecular weight is 302 g/mol. The number of methoxy groups -OCH3 is 1. The number of amides is 1.